The Hall–Kier alpha value is -2.82. The quantitative estimate of drug-likeness (QED) is 0.464. The molecule has 0 radical (unpaired) electrons. The zero-order chi connectivity index (χ0) is 20.4. The molecule has 0 bridgehead atoms. The van der Waals surface area contributed by atoms with Gasteiger partial charge in [0.1, 0.15) is 5.75 Å². The van der Waals surface area contributed by atoms with E-state index in [-0.39, 0.29) is 12.3 Å². The normalized spacial score (nSPS) is 10.6. The Kier molecular flexibility index (Phi) is 8.53. The van der Waals surface area contributed by atoms with Gasteiger partial charge >= 0.3 is 6.09 Å². The molecular formula is C23H29NO4. The molecule has 2 aromatic rings. The number of carbonyl (C=O) groups excluding carboxylic acids is 2. The van der Waals surface area contributed by atoms with Crippen LogP contribution in [-0.2, 0) is 11.3 Å². The number of carbonyl (C=O) groups is 2. The van der Waals surface area contributed by atoms with Crippen molar-refractivity contribution in [3.05, 3.63) is 65.2 Å². The number of hydrogen-bond donors (Lipinski definition) is 1. The third kappa shape index (κ3) is 6.72. The average molecular weight is 383 g/mol. The predicted molar refractivity (Wildman–Crippen MR) is 110 cm³/mol. The van der Waals surface area contributed by atoms with Gasteiger partial charge in [0.25, 0.3) is 0 Å². The fourth-order valence-corrected chi connectivity index (χ4v) is 2.55. The highest BCUT2D eigenvalue weighted by Gasteiger charge is 2.16. The fraction of sp³-hybridized carbons (Fsp3) is 0.391. The minimum atomic E-state index is -0.480. The van der Waals surface area contributed by atoms with Gasteiger partial charge in [-0.15, -0.1) is 0 Å². The lowest BCUT2D eigenvalue weighted by Gasteiger charge is -2.14. The lowest BCUT2D eigenvalue weighted by atomic mass is 9.98. The number of ketones is 1. The van der Waals surface area contributed by atoms with Crippen molar-refractivity contribution >= 4 is 11.9 Å². The molecule has 5 heteroatoms. The van der Waals surface area contributed by atoms with E-state index in [1.165, 1.54) is 0 Å². The molecule has 0 aromatic heterocycles. The minimum Gasteiger partial charge on any atom is -0.493 e. The van der Waals surface area contributed by atoms with Gasteiger partial charge in [-0.2, -0.15) is 0 Å². The third-order valence-corrected chi connectivity index (χ3v) is 4.10. The SMILES string of the molecule is CCCCOC(=O)NCc1ccc(OCC(C)C)cc1C(=O)c1ccccc1. The molecular weight excluding hydrogens is 354 g/mol. The molecule has 1 amide bonds. The molecule has 0 aliphatic carbocycles. The zero-order valence-electron chi connectivity index (χ0n) is 16.9. The van der Waals surface area contributed by atoms with Gasteiger partial charge in [0, 0.05) is 17.7 Å². The van der Waals surface area contributed by atoms with E-state index in [0.717, 1.165) is 18.4 Å². The summed E-state index contributed by atoms with van der Waals surface area (Å²) in [6, 6.07) is 14.5. The maximum absolute atomic E-state index is 13.0. The summed E-state index contributed by atoms with van der Waals surface area (Å²) in [4.78, 5) is 24.9. The van der Waals surface area contributed by atoms with Crippen molar-refractivity contribution in [2.45, 2.75) is 40.2 Å². The largest absolute Gasteiger partial charge is 0.493 e. The van der Waals surface area contributed by atoms with Crippen LogP contribution in [0.15, 0.2) is 48.5 Å². The smallest absolute Gasteiger partial charge is 0.407 e. The van der Waals surface area contributed by atoms with Crippen molar-refractivity contribution in [2.75, 3.05) is 13.2 Å². The van der Waals surface area contributed by atoms with E-state index in [1.54, 1.807) is 18.2 Å². The lowest BCUT2D eigenvalue weighted by molar-refractivity contribution is 0.103. The van der Waals surface area contributed by atoms with Crippen LogP contribution in [0.1, 0.15) is 55.1 Å². The molecule has 2 aromatic carbocycles. The summed E-state index contributed by atoms with van der Waals surface area (Å²) in [6.45, 7) is 7.34. The van der Waals surface area contributed by atoms with Gasteiger partial charge in [-0.25, -0.2) is 4.79 Å². The van der Waals surface area contributed by atoms with Crippen LogP contribution < -0.4 is 10.1 Å². The van der Waals surface area contributed by atoms with Gasteiger partial charge in [-0.3, -0.25) is 4.79 Å². The summed E-state index contributed by atoms with van der Waals surface area (Å²) >= 11 is 0. The Morgan fingerprint density at radius 2 is 1.82 bits per heavy atom. The van der Waals surface area contributed by atoms with Gasteiger partial charge in [0.05, 0.1) is 13.2 Å². The van der Waals surface area contributed by atoms with Gasteiger partial charge < -0.3 is 14.8 Å². The van der Waals surface area contributed by atoms with Crippen molar-refractivity contribution in [1.29, 1.82) is 0 Å². The molecule has 0 saturated carbocycles. The second-order valence-corrected chi connectivity index (χ2v) is 7.06. The first kappa shape index (κ1) is 21.5. The van der Waals surface area contributed by atoms with Crippen LogP contribution in [0.2, 0.25) is 0 Å². The molecule has 0 aliphatic heterocycles. The van der Waals surface area contributed by atoms with E-state index < -0.39 is 6.09 Å². The Bertz CT molecular complexity index is 771. The number of ether oxygens (including phenoxy) is 2. The van der Waals surface area contributed by atoms with E-state index in [9.17, 15) is 9.59 Å². The highest BCUT2D eigenvalue weighted by atomic mass is 16.5. The highest BCUT2D eigenvalue weighted by molar-refractivity contribution is 6.10. The average Bonchev–Trinajstić information content (AvgIpc) is 2.71. The molecule has 0 aliphatic rings. The first-order chi connectivity index (χ1) is 13.5. The summed E-state index contributed by atoms with van der Waals surface area (Å²) in [7, 11) is 0. The lowest BCUT2D eigenvalue weighted by Crippen LogP contribution is -2.25. The Morgan fingerprint density at radius 3 is 2.50 bits per heavy atom. The summed E-state index contributed by atoms with van der Waals surface area (Å²) < 4.78 is 10.9. The second-order valence-electron chi connectivity index (χ2n) is 7.06. The number of nitrogens with one attached hydrogen (secondary N) is 1. The van der Waals surface area contributed by atoms with Crippen LogP contribution in [0.4, 0.5) is 4.79 Å². The van der Waals surface area contributed by atoms with Gasteiger partial charge in [-0.05, 0) is 30.0 Å². The summed E-state index contributed by atoms with van der Waals surface area (Å²) in [5, 5.41) is 2.72. The zero-order valence-corrected chi connectivity index (χ0v) is 16.9. The predicted octanol–water partition coefficient (Wildman–Crippen LogP) is 4.98. The van der Waals surface area contributed by atoms with Crippen LogP contribution >= 0.6 is 0 Å². The Labute approximate surface area is 167 Å². The van der Waals surface area contributed by atoms with Crippen molar-refractivity contribution in [1.82, 2.24) is 5.32 Å². The molecule has 2 rings (SSSR count). The molecule has 150 valence electrons. The molecule has 0 unspecified atom stereocenters. The topological polar surface area (TPSA) is 64.6 Å². The van der Waals surface area contributed by atoms with Crippen LogP contribution in [0.25, 0.3) is 0 Å². The maximum Gasteiger partial charge on any atom is 0.407 e. The standard InChI is InChI=1S/C23H29NO4/c1-4-5-13-27-23(26)24-15-19-11-12-20(28-16-17(2)3)14-21(19)22(25)18-9-7-6-8-10-18/h6-12,14,17H,4-5,13,15-16H2,1-3H3,(H,24,26). The van der Waals surface area contributed by atoms with Crippen molar-refractivity contribution in [3.63, 3.8) is 0 Å². The number of unbranched alkanes of at least 4 members (excludes halogenated alkanes) is 1. The molecule has 0 atom stereocenters. The van der Waals surface area contributed by atoms with E-state index in [1.807, 2.05) is 37.3 Å². The summed E-state index contributed by atoms with van der Waals surface area (Å²) in [6.07, 6.45) is 1.31. The van der Waals surface area contributed by atoms with Crippen molar-refractivity contribution in [2.24, 2.45) is 5.92 Å². The molecule has 28 heavy (non-hydrogen) atoms. The summed E-state index contributed by atoms with van der Waals surface area (Å²) in [5.74, 6) is 0.918. The monoisotopic (exact) mass is 383 g/mol. The number of benzene rings is 2. The van der Waals surface area contributed by atoms with Gasteiger partial charge in [-0.1, -0.05) is 63.6 Å². The molecule has 0 heterocycles. The highest BCUT2D eigenvalue weighted by Crippen LogP contribution is 2.22. The Morgan fingerprint density at radius 1 is 1.07 bits per heavy atom. The van der Waals surface area contributed by atoms with Crippen LogP contribution in [0.5, 0.6) is 5.75 Å². The summed E-state index contributed by atoms with van der Waals surface area (Å²) in [5.41, 5.74) is 1.83. The molecule has 0 fully saturated rings. The third-order valence-electron chi connectivity index (χ3n) is 4.10. The van der Waals surface area contributed by atoms with Gasteiger partial charge in [0.15, 0.2) is 5.78 Å². The van der Waals surface area contributed by atoms with Gasteiger partial charge in [0.2, 0.25) is 0 Å². The van der Waals surface area contributed by atoms with Crippen molar-refractivity contribution in [3.8, 4) is 5.75 Å². The minimum absolute atomic E-state index is 0.105. The molecule has 5 nitrogen and oxygen atoms in total. The maximum atomic E-state index is 13.0. The molecule has 0 saturated heterocycles. The number of hydrogen-bond acceptors (Lipinski definition) is 4. The van der Waals surface area contributed by atoms with Crippen molar-refractivity contribution < 1.29 is 19.1 Å². The number of alkyl carbamates (subject to hydrolysis) is 1. The van der Waals surface area contributed by atoms with E-state index in [2.05, 4.69) is 19.2 Å². The first-order valence-electron chi connectivity index (χ1n) is 9.77. The number of amides is 1. The van der Waals surface area contributed by atoms with E-state index in [0.29, 0.717) is 36.0 Å². The fourth-order valence-electron chi connectivity index (χ4n) is 2.55. The molecule has 1 N–H and O–H groups in total. The Balaban J connectivity index is 2.18. The van der Waals surface area contributed by atoms with E-state index >= 15 is 0 Å². The van der Waals surface area contributed by atoms with Crippen LogP contribution in [0.3, 0.4) is 0 Å². The molecule has 0 spiro atoms. The number of rotatable bonds is 10. The second kappa shape index (κ2) is 11.1. The van der Waals surface area contributed by atoms with Crippen LogP contribution in [-0.4, -0.2) is 25.1 Å². The van der Waals surface area contributed by atoms with E-state index in [4.69, 9.17) is 9.47 Å². The van der Waals surface area contributed by atoms with Crippen LogP contribution in [0, 0.1) is 5.92 Å². The first-order valence-corrected chi connectivity index (χ1v) is 9.77.